The van der Waals surface area contributed by atoms with E-state index in [1.165, 1.54) is 37.4 Å². The molecule has 0 N–H and O–H groups in total. The Bertz CT molecular complexity index is 240. The van der Waals surface area contributed by atoms with E-state index in [0.717, 1.165) is 17.8 Å². The molecule has 1 saturated heterocycles. The molecule has 2 rings (SSSR count). The van der Waals surface area contributed by atoms with Crippen LogP contribution in [0.25, 0.3) is 0 Å². The average Bonchev–Trinajstić information content (AvgIpc) is 2.49. The molecule has 0 bridgehead atoms. The molecule has 0 radical (unpaired) electrons. The third-order valence-electron chi connectivity index (χ3n) is 6.18. The molecule has 0 atom stereocenters. The fourth-order valence-corrected chi connectivity index (χ4v) is 8.91. The summed E-state index contributed by atoms with van der Waals surface area (Å²) in [6.45, 7) is 2.34. The largest absolute Gasteiger partial charge is 0.0928 e. The zero-order valence-corrected chi connectivity index (χ0v) is 16.3. The normalized spacial score (nSPS) is 35.1. The highest BCUT2D eigenvalue weighted by Crippen LogP contribution is 2.41. The number of hydrogen-bond acceptors (Lipinski definition) is 0. The lowest BCUT2D eigenvalue weighted by Gasteiger charge is -2.37. The molecule has 2 fully saturated rings. The summed E-state index contributed by atoms with van der Waals surface area (Å²) in [7, 11) is -0.280. The van der Waals surface area contributed by atoms with Crippen molar-refractivity contribution in [3.8, 4) is 0 Å². The Labute approximate surface area is 137 Å². The van der Waals surface area contributed by atoms with E-state index in [-0.39, 0.29) is 8.80 Å². The summed E-state index contributed by atoms with van der Waals surface area (Å²) in [4.78, 5) is 0. The number of halogens is 1. The number of unbranched alkanes of at least 4 members (excludes halogenated alkanes) is 2. The first kappa shape index (κ1) is 17.1. The Hall–Kier alpha value is 0.697. The van der Waals surface area contributed by atoms with Crippen LogP contribution in [0.3, 0.4) is 0 Å². The summed E-state index contributed by atoms with van der Waals surface area (Å²) in [6.07, 6.45) is 15.3. The third kappa shape index (κ3) is 5.48. The summed E-state index contributed by atoms with van der Waals surface area (Å²) in [5, 5.41) is 1.22. The first-order valence-corrected chi connectivity index (χ1v) is 13.0. The van der Waals surface area contributed by atoms with Crippen molar-refractivity contribution in [2.75, 3.05) is 5.33 Å². The molecule has 0 nitrogen and oxygen atoms in total. The summed E-state index contributed by atoms with van der Waals surface area (Å²) in [5.41, 5.74) is 0. The maximum absolute atomic E-state index is 3.61. The molecular weight excluding hydrogens is 324 g/mol. The van der Waals surface area contributed by atoms with E-state index in [9.17, 15) is 0 Å². The van der Waals surface area contributed by atoms with Crippen LogP contribution in [-0.4, -0.2) is 14.1 Å². The molecule has 1 saturated carbocycles. The van der Waals surface area contributed by atoms with Crippen molar-refractivity contribution in [3.63, 3.8) is 0 Å². The molecule has 1 heterocycles. The van der Waals surface area contributed by atoms with Gasteiger partial charge < -0.3 is 0 Å². The van der Waals surface area contributed by atoms with Gasteiger partial charge in [-0.1, -0.05) is 85.9 Å². The van der Waals surface area contributed by atoms with E-state index >= 15 is 0 Å². The van der Waals surface area contributed by atoms with Gasteiger partial charge in [-0.25, -0.2) is 0 Å². The van der Waals surface area contributed by atoms with Gasteiger partial charge in [0, 0.05) is 14.1 Å². The zero-order chi connectivity index (χ0) is 14.2. The zero-order valence-electron chi connectivity index (χ0n) is 13.6. The van der Waals surface area contributed by atoms with Gasteiger partial charge in [0.05, 0.1) is 0 Å². The lowest BCUT2D eigenvalue weighted by atomic mass is 9.73. The van der Waals surface area contributed by atoms with Gasteiger partial charge in [0.15, 0.2) is 0 Å². The third-order valence-corrected chi connectivity index (χ3v) is 10.2. The minimum atomic E-state index is -0.280. The quantitative estimate of drug-likeness (QED) is 0.280. The molecule has 0 aromatic carbocycles. The summed E-state index contributed by atoms with van der Waals surface area (Å²) >= 11 is 3.61. The van der Waals surface area contributed by atoms with Crippen LogP contribution in [-0.2, 0) is 0 Å². The molecule has 0 aromatic heterocycles. The Kier molecular flexibility index (Phi) is 8.24. The summed E-state index contributed by atoms with van der Waals surface area (Å²) in [5.74, 6) is 3.30. The fraction of sp³-hybridized carbons (Fsp3) is 1.00. The SMILES string of the molecule is CCCCC[SiH]1CCC(C2CCC(CCBr)CC2)CC1. The lowest BCUT2D eigenvalue weighted by molar-refractivity contribution is 0.189. The maximum Gasteiger partial charge on any atom is 0.0368 e. The Balaban J connectivity index is 1.62. The molecule has 20 heavy (non-hydrogen) atoms. The second kappa shape index (κ2) is 9.66. The van der Waals surface area contributed by atoms with Crippen LogP contribution in [0.15, 0.2) is 0 Å². The summed E-state index contributed by atoms with van der Waals surface area (Å²) < 4.78 is 0. The van der Waals surface area contributed by atoms with Gasteiger partial charge in [-0.3, -0.25) is 0 Å². The highest BCUT2D eigenvalue weighted by Gasteiger charge is 2.30. The first-order valence-electron chi connectivity index (χ1n) is 9.39. The van der Waals surface area contributed by atoms with Gasteiger partial charge in [-0.15, -0.1) is 0 Å². The van der Waals surface area contributed by atoms with Gasteiger partial charge in [0.2, 0.25) is 0 Å². The van der Waals surface area contributed by atoms with Crippen LogP contribution in [0.5, 0.6) is 0 Å². The lowest BCUT2D eigenvalue weighted by Crippen LogP contribution is -2.28. The topological polar surface area (TPSA) is 0 Å². The minimum absolute atomic E-state index is 0.280. The van der Waals surface area contributed by atoms with E-state index in [0.29, 0.717) is 0 Å². The predicted octanol–water partition coefficient (Wildman–Crippen LogP) is 6.41. The Morgan fingerprint density at radius 3 is 2.15 bits per heavy atom. The van der Waals surface area contributed by atoms with Crippen molar-refractivity contribution < 1.29 is 0 Å². The van der Waals surface area contributed by atoms with Crippen LogP contribution in [0, 0.1) is 17.8 Å². The van der Waals surface area contributed by atoms with Gasteiger partial charge in [0.25, 0.3) is 0 Å². The predicted molar refractivity (Wildman–Crippen MR) is 97.7 cm³/mol. The van der Waals surface area contributed by atoms with Crippen LogP contribution >= 0.6 is 15.9 Å². The van der Waals surface area contributed by atoms with E-state index in [1.54, 1.807) is 50.2 Å². The van der Waals surface area contributed by atoms with Gasteiger partial charge in [-0.05, 0) is 37.0 Å². The van der Waals surface area contributed by atoms with Crippen molar-refractivity contribution >= 4 is 24.7 Å². The van der Waals surface area contributed by atoms with Crippen LogP contribution in [0.4, 0.5) is 0 Å². The van der Waals surface area contributed by atoms with Crippen molar-refractivity contribution in [2.24, 2.45) is 17.8 Å². The standard InChI is InChI=1S/C18H35BrSi/c1-2-3-4-13-20-14-10-18(11-15-20)17-7-5-16(6-8-17)9-12-19/h16-18,20H,2-15H2,1H3. The van der Waals surface area contributed by atoms with Gasteiger partial charge >= 0.3 is 0 Å². The van der Waals surface area contributed by atoms with E-state index in [2.05, 4.69) is 22.9 Å². The molecule has 1 aliphatic carbocycles. The fourth-order valence-electron chi connectivity index (χ4n) is 4.73. The highest BCUT2D eigenvalue weighted by molar-refractivity contribution is 9.09. The number of hydrogen-bond donors (Lipinski definition) is 0. The van der Waals surface area contributed by atoms with E-state index in [1.807, 2.05) is 0 Å². The minimum Gasteiger partial charge on any atom is -0.0928 e. The smallest absolute Gasteiger partial charge is 0.0368 e. The van der Waals surface area contributed by atoms with Crippen LogP contribution < -0.4 is 0 Å². The molecule has 0 aromatic rings. The van der Waals surface area contributed by atoms with E-state index in [4.69, 9.17) is 0 Å². The second-order valence-corrected chi connectivity index (χ2v) is 11.8. The highest BCUT2D eigenvalue weighted by atomic mass is 79.9. The van der Waals surface area contributed by atoms with Crippen molar-refractivity contribution in [1.82, 2.24) is 0 Å². The van der Waals surface area contributed by atoms with E-state index < -0.39 is 0 Å². The average molecular weight is 359 g/mol. The Morgan fingerprint density at radius 1 is 0.900 bits per heavy atom. The summed E-state index contributed by atoms with van der Waals surface area (Å²) in [6, 6.07) is 5.05. The second-order valence-electron chi connectivity index (χ2n) is 7.54. The van der Waals surface area contributed by atoms with Gasteiger partial charge in [-0.2, -0.15) is 0 Å². The number of rotatable bonds is 7. The monoisotopic (exact) mass is 358 g/mol. The van der Waals surface area contributed by atoms with Crippen LogP contribution in [0.2, 0.25) is 18.1 Å². The molecule has 0 unspecified atom stereocenters. The maximum atomic E-state index is 3.61. The molecule has 118 valence electrons. The van der Waals surface area contributed by atoms with Crippen molar-refractivity contribution in [2.45, 2.75) is 89.3 Å². The Morgan fingerprint density at radius 2 is 1.55 bits per heavy atom. The molecule has 2 heteroatoms. The number of alkyl halides is 1. The van der Waals surface area contributed by atoms with Crippen LogP contribution in [0.1, 0.15) is 71.1 Å². The molecule has 0 spiro atoms. The molecule has 1 aliphatic heterocycles. The molecule has 0 amide bonds. The molecular formula is C18H35BrSi. The first-order chi connectivity index (χ1) is 9.83. The van der Waals surface area contributed by atoms with Crippen molar-refractivity contribution in [3.05, 3.63) is 0 Å². The van der Waals surface area contributed by atoms with Gasteiger partial charge in [0.1, 0.15) is 0 Å². The van der Waals surface area contributed by atoms with Crippen molar-refractivity contribution in [1.29, 1.82) is 0 Å². The molecule has 2 aliphatic rings.